The second-order valence-corrected chi connectivity index (χ2v) is 6.88. The summed E-state index contributed by atoms with van der Waals surface area (Å²) in [5, 5.41) is 0.249. The number of hydrogen-bond donors (Lipinski definition) is 1. The van der Waals surface area contributed by atoms with E-state index >= 15 is 0 Å². The lowest BCUT2D eigenvalue weighted by molar-refractivity contribution is 0.473. The van der Waals surface area contributed by atoms with Crippen molar-refractivity contribution in [1.29, 1.82) is 0 Å². The fourth-order valence-electron chi connectivity index (χ4n) is 2.85. The standard InChI is InChI=1S/C15H23NOS/c1-12-7-5-6-9-14(12)18(17)15-10-4-2-3-8-13(15)11-16/h5-7,9,13,15H,2-4,8,10-11,16H2,1H3. The molecule has 0 amide bonds. The first kappa shape index (κ1) is 13.8. The molecule has 18 heavy (non-hydrogen) atoms. The summed E-state index contributed by atoms with van der Waals surface area (Å²) >= 11 is 0. The summed E-state index contributed by atoms with van der Waals surface area (Å²) in [4.78, 5) is 1.00. The van der Waals surface area contributed by atoms with Gasteiger partial charge in [0.15, 0.2) is 0 Å². The minimum atomic E-state index is -0.902. The van der Waals surface area contributed by atoms with Crippen LogP contribution in [0.2, 0.25) is 0 Å². The predicted octanol–water partition coefficient (Wildman–Crippen LogP) is 3.01. The summed E-state index contributed by atoms with van der Waals surface area (Å²) in [5.74, 6) is 0.424. The van der Waals surface area contributed by atoms with Gasteiger partial charge in [-0.3, -0.25) is 4.21 Å². The SMILES string of the molecule is Cc1ccccc1S(=O)C1CCCCCC1CN. The van der Waals surface area contributed by atoms with Crippen molar-refractivity contribution >= 4 is 10.8 Å². The molecule has 1 saturated carbocycles. The van der Waals surface area contributed by atoms with Crippen molar-refractivity contribution in [2.24, 2.45) is 11.7 Å². The number of benzene rings is 1. The lowest BCUT2D eigenvalue weighted by Crippen LogP contribution is -2.31. The zero-order chi connectivity index (χ0) is 13.0. The molecule has 0 spiro atoms. The van der Waals surface area contributed by atoms with Gasteiger partial charge in [0.2, 0.25) is 0 Å². The number of nitrogens with two attached hydrogens (primary N) is 1. The van der Waals surface area contributed by atoms with E-state index in [1.54, 1.807) is 0 Å². The van der Waals surface area contributed by atoms with E-state index in [-0.39, 0.29) is 5.25 Å². The fourth-order valence-corrected chi connectivity index (χ4v) is 4.75. The molecule has 2 rings (SSSR count). The molecule has 1 fully saturated rings. The third-order valence-electron chi connectivity index (χ3n) is 3.98. The largest absolute Gasteiger partial charge is 0.330 e. The Morgan fingerprint density at radius 2 is 1.94 bits per heavy atom. The Balaban J connectivity index is 2.23. The Kier molecular flexibility index (Phi) is 4.95. The van der Waals surface area contributed by atoms with E-state index in [4.69, 9.17) is 5.73 Å². The van der Waals surface area contributed by atoms with Crippen LogP contribution in [-0.2, 0) is 10.8 Å². The van der Waals surface area contributed by atoms with Gasteiger partial charge >= 0.3 is 0 Å². The molecule has 2 N–H and O–H groups in total. The maximum Gasteiger partial charge on any atom is 0.0566 e. The third-order valence-corrected chi connectivity index (χ3v) is 6.04. The first-order chi connectivity index (χ1) is 8.74. The molecule has 3 atom stereocenters. The van der Waals surface area contributed by atoms with E-state index in [1.807, 2.05) is 31.2 Å². The molecule has 1 aromatic carbocycles. The highest BCUT2D eigenvalue weighted by Gasteiger charge is 2.28. The van der Waals surface area contributed by atoms with Crippen LogP contribution in [0.5, 0.6) is 0 Å². The zero-order valence-electron chi connectivity index (χ0n) is 11.1. The van der Waals surface area contributed by atoms with Crippen LogP contribution in [0.4, 0.5) is 0 Å². The molecule has 0 heterocycles. The van der Waals surface area contributed by atoms with E-state index in [1.165, 1.54) is 19.3 Å². The molecular formula is C15H23NOS. The van der Waals surface area contributed by atoms with Gasteiger partial charge in [0.1, 0.15) is 0 Å². The maximum absolute atomic E-state index is 12.8. The van der Waals surface area contributed by atoms with Gasteiger partial charge in [-0.1, -0.05) is 37.5 Å². The van der Waals surface area contributed by atoms with Crippen molar-refractivity contribution in [2.45, 2.75) is 49.2 Å². The molecule has 1 aliphatic carbocycles. The van der Waals surface area contributed by atoms with Gasteiger partial charge in [-0.2, -0.15) is 0 Å². The molecule has 3 unspecified atom stereocenters. The van der Waals surface area contributed by atoms with Gasteiger partial charge in [-0.15, -0.1) is 0 Å². The minimum Gasteiger partial charge on any atom is -0.330 e. The van der Waals surface area contributed by atoms with Crippen LogP contribution >= 0.6 is 0 Å². The van der Waals surface area contributed by atoms with Crippen LogP contribution in [0.25, 0.3) is 0 Å². The fraction of sp³-hybridized carbons (Fsp3) is 0.600. The van der Waals surface area contributed by atoms with E-state index in [9.17, 15) is 4.21 Å². The second kappa shape index (κ2) is 6.48. The molecule has 0 aliphatic heterocycles. The first-order valence-corrected chi connectivity index (χ1v) is 8.11. The second-order valence-electron chi connectivity index (χ2n) is 5.24. The Morgan fingerprint density at radius 3 is 2.67 bits per heavy atom. The maximum atomic E-state index is 12.8. The number of aryl methyl sites for hydroxylation is 1. The van der Waals surface area contributed by atoms with Gasteiger partial charge < -0.3 is 5.73 Å². The molecule has 1 aromatic rings. The lowest BCUT2D eigenvalue weighted by Gasteiger charge is -2.23. The molecule has 0 bridgehead atoms. The highest BCUT2D eigenvalue weighted by Crippen LogP contribution is 2.30. The van der Waals surface area contributed by atoms with Crippen LogP contribution in [0, 0.1) is 12.8 Å². The summed E-state index contributed by atoms with van der Waals surface area (Å²) < 4.78 is 12.8. The zero-order valence-corrected chi connectivity index (χ0v) is 11.9. The van der Waals surface area contributed by atoms with Crippen molar-refractivity contribution in [2.75, 3.05) is 6.54 Å². The number of rotatable bonds is 3. The summed E-state index contributed by atoms with van der Waals surface area (Å²) in [5.41, 5.74) is 7.02. The van der Waals surface area contributed by atoms with E-state index in [0.29, 0.717) is 12.5 Å². The van der Waals surface area contributed by atoms with Crippen molar-refractivity contribution in [1.82, 2.24) is 0 Å². The predicted molar refractivity (Wildman–Crippen MR) is 77.0 cm³/mol. The Morgan fingerprint density at radius 1 is 1.22 bits per heavy atom. The third kappa shape index (κ3) is 3.01. The Hall–Kier alpha value is -0.670. The van der Waals surface area contributed by atoms with Crippen LogP contribution in [0.3, 0.4) is 0 Å². The van der Waals surface area contributed by atoms with E-state index in [2.05, 4.69) is 0 Å². The van der Waals surface area contributed by atoms with Crippen LogP contribution < -0.4 is 5.73 Å². The highest BCUT2D eigenvalue weighted by atomic mass is 32.2. The smallest absolute Gasteiger partial charge is 0.0566 e. The van der Waals surface area contributed by atoms with E-state index < -0.39 is 10.8 Å². The Labute approximate surface area is 112 Å². The van der Waals surface area contributed by atoms with Gasteiger partial charge in [-0.05, 0) is 43.9 Å². The van der Waals surface area contributed by atoms with Gasteiger partial charge in [0.25, 0.3) is 0 Å². The first-order valence-electron chi connectivity index (χ1n) is 6.90. The number of hydrogen-bond acceptors (Lipinski definition) is 2. The average molecular weight is 265 g/mol. The summed E-state index contributed by atoms with van der Waals surface area (Å²) in [6.07, 6.45) is 5.89. The van der Waals surface area contributed by atoms with Crippen molar-refractivity contribution in [3.63, 3.8) is 0 Å². The molecular weight excluding hydrogens is 242 g/mol. The minimum absolute atomic E-state index is 0.249. The summed E-state index contributed by atoms with van der Waals surface area (Å²) in [6, 6.07) is 8.03. The average Bonchev–Trinajstić information content (AvgIpc) is 2.63. The van der Waals surface area contributed by atoms with E-state index in [0.717, 1.165) is 23.3 Å². The molecule has 2 nitrogen and oxygen atoms in total. The van der Waals surface area contributed by atoms with Crippen molar-refractivity contribution in [3.05, 3.63) is 29.8 Å². The molecule has 0 saturated heterocycles. The molecule has 1 aliphatic rings. The summed E-state index contributed by atoms with van der Waals surface area (Å²) in [7, 11) is -0.902. The quantitative estimate of drug-likeness (QED) is 0.854. The van der Waals surface area contributed by atoms with Gasteiger partial charge in [-0.25, -0.2) is 0 Å². The van der Waals surface area contributed by atoms with Crippen molar-refractivity contribution in [3.8, 4) is 0 Å². The molecule has 0 aromatic heterocycles. The lowest BCUT2D eigenvalue weighted by atomic mass is 10.0. The molecule has 100 valence electrons. The summed E-state index contributed by atoms with van der Waals surface area (Å²) in [6.45, 7) is 2.71. The molecule has 0 radical (unpaired) electrons. The van der Waals surface area contributed by atoms with Crippen LogP contribution in [0.15, 0.2) is 29.2 Å². The van der Waals surface area contributed by atoms with Crippen LogP contribution in [-0.4, -0.2) is 16.0 Å². The Bertz CT molecular complexity index is 419. The van der Waals surface area contributed by atoms with Crippen molar-refractivity contribution < 1.29 is 4.21 Å². The molecule has 3 heteroatoms. The van der Waals surface area contributed by atoms with Gasteiger partial charge in [0.05, 0.1) is 10.8 Å². The van der Waals surface area contributed by atoms with Gasteiger partial charge in [0, 0.05) is 10.1 Å². The van der Waals surface area contributed by atoms with Crippen LogP contribution in [0.1, 0.15) is 37.7 Å². The monoisotopic (exact) mass is 265 g/mol. The highest BCUT2D eigenvalue weighted by molar-refractivity contribution is 7.85. The topological polar surface area (TPSA) is 43.1 Å². The normalized spacial score (nSPS) is 26.6.